The molecule has 0 aliphatic heterocycles. The smallest absolute Gasteiger partial charge is 0.0248 e. The molecule has 0 spiro atoms. The maximum absolute atomic E-state index is 4.05. The number of hydrogen-bond donors (Lipinski definition) is 0. The predicted octanol–water partition coefficient (Wildman–Crippen LogP) is 6.13. The fourth-order valence-corrected chi connectivity index (χ4v) is 2.22. The van der Waals surface area contributed by atoms with Crippen molar-refractivity contribution in [2.75, 3.05) is 0 Å². The van der Waals surface area contributed by atoms with Crippen molar-refractivity contribution in [3.8, 4) is 11.8 Å². The molecule has 0 unspecified atom stereocenters. The Labute approximate surface area is 125 Å². The standard InChI is InChI=1S/C20H28/c1-3-4-5-6-7-8-9-11-14-19(2)17-18-20-15-12-10-13-16-20/h10,12-13,15-16H,2-9,11,14H2,1H3. The Balaban J connectivity index is 2.05. The van der Waals surface area contributed by atoms with Gasteiger partial charge in [0, 0.05) is 5.56 Å². The van der Waals surface area contributed by atoms with Crippen molar-refractivity contribution >= 4 is 0 Å². The summed E-state index contributed by atoms with van der Waals surface area (Å²) in [6.07, 6.45) is 11.9. The Hall–Kier alpha value is -1.48. The molecule has 0 N–H and O–H groups in total. The van der Waals surface area contributed by atoms with E-state index < -0.39 is 0 Å². The van der Waals surface area contributed by atoms with Gasteiger partial charge in [-0.1, -0.05) is 88.5 Å². The zero-order chi connectivity index (χ0) is 14.5. The summed E-state index contributed by atoms with van der Waals surface area (Å²) < 4.78 is 0. The van der Waals surface area contributed by atoms with Crippen LogP contribution in [0.3, 0.4) is 0 Å². The van der Waals surface area contributed by atoms with E-state index in [1.165, 1.54) is 51.4 Å². The van der Waals surface area contributed by atoms with Gasteiger partial charge in [0.2, 0.25) is 0 Å². The fourth-order valence-electron chi connectivity index (χ4n) is 2.22. The van der Waals surface area contributed by atoms with E-state index in [9.17, 15) is 0 Å². The van der Waals surface area contributed by atoms with Crippen LogP contribution < -0.4 is 0 Å². The van der Waals surface area contributed by atoms with E-state index in [0.717, 1.165) is 17.6 Å². The molecule has 1 aromatic rings. The van der Waals surface area contributed by atoms with Crippen LogP contribution >= 0.6 is 0 Å². The molecule has 0 bridgehead atoms. The summed E-state index contributed by atoms with van der Waals surface area (Å²) in [6, 6.07) is 10.1. The number of allylic oxidation sites excluding steroid dienone is 1. The highest BCUT2D eigenvalue weighted by molar-refractivity contribution is 5.39. The molecular weight excluding hydrogens is 240 g/mol. The quantitative estimate of drug-likeness (QED) is 0.373. The van der Waals surface area contributed by atoms with Crippen LogP contribution in [0.25, 0.3) is 0 Å². The summed E-state index contributed by atoms with van der Waals surface area (Å²) in [7, 11) is 0. The van der Waals surface area contributed by atoms with Crippen molar-refractivity contribution in [1.29, 1.82) is 0 Å². The van der Waals surface area contributed by atoms with Crippen molar-refractivity contribution in [1.82, 2.24) is 0 Å². The Morgan fingerprint density at radius 2 is 1.50 bits per heavy atom. The van der Waals surface area contributed by atoms with Crippen molar-refractivity contribution in [2.24, 2.45) is 0 Å². The van der Waals surface area contributed by atoms with Gasteiger partial charge in [-0.25, -0.2) is 0 Å². The lowest BCUT2D eigenvalue weighted by Crippen LogP contribution is -1.83. The average molecular weight is 268 g/mol. The normalized spacial score (nSPS) is 9.85. The third-order valence-corrected chi connectivity index (χ3v) is 3.49. The van der Waals surface area contributed by atoms with Crippen LogP contribution in [-0.2, 0) is 0 Å². The van der Waals surface area contributed by atoms with E-state index in [-0.39, 0.29) is 0 Å². The SMILES string of the molecule is C=C(C#Cc1ccccc1)CCCCCCCCCC. The first-order valence-corrected chi connectivity index (χ1v) is 8.07. The molecule has 0 aliphatic carbocycles. The third kappa shape index (κ3) is 8.59. The zero-order valence-corrected chi connectivity index (χ0v) is 13.0. The van der Waals surface area contributed by atoms with E-state index in [1.807, 2.05) is 30.3 Å². The molecule has 0 radical (unpaired) electrons. The Kier molecular flexibility index (Phi) is 9.41. The topological polar surface area (TPSA) is 0 Å². The molecule has 0 heteroatoms. The van der Waals surface area contributed by atoms with Crippen LogP contribution in [0.5, 0.6) is 0 Å². The second-order valence-corrected chi connectivity index (χ2v) is 5.44. The van der Waals surface area contributed by atoms with E-state index in [4.69, 9.17) is 0 Å². The van der Waals surface area contributed by atoms with Gasteiger partial charge in [-0.05, 0) is 30.5 Å². The van der Waals surface area contributed by atoms with Gasteiger partial charge in [-0.2, -0.15) is 0 Å². The molecule has 0 nitrogen and oxygen atoms in total. The van der Waals surface area contributed by atoms with E-state index in [2.05, 4.69) is 25.3 Å². The maximum Gasteiger partial charge on any atom is 0.0248 e. The molecule has 0 fully saturated rings. The summed E-state index contributed by atoms with van der Waals surface area (Å²) in [5.41, 5.74) is 2.14. The molecule has 0 aliphatic rings. The van der Waals surface area contributed by atoms with Gasteiger partial charge in [0.25, 0.3) is 0 Å². The first-order chi connectivity index (χ1) is 9.83. The fraction of sp³-hybridized carbons (Fsp3) is 0.500. The van der Waals surface area contributed by atoms with Crippen molar-refractivity contribution < 1.29 is 0 Å². The molecule has 0 saturated heterocycles. The minimum atomic E-state index is 1.05. The summed E-state index contributed by atoms with van der Waals surface area (Å²) in [5.74, 6) is 6.34. The van der Waals surface area contributed by atoms with Gasteiger partial charge in [0.1, 0.15) is 0 Å². The molecule has 0 saturated carbocycles. The van der Waals surface area contributed by atoms with Gasteiger partial charge < -0.3 is 0 Å². The lowest BCUT2D eigenvalue weighted by molar-refractivity contribution is 0.576. The number of benzene rings is 1. The molecule has 1 rings (SSSR count). The summed E-state index contributed by atoms with van der Waals surface area (Å²) in [6.45, 7) is 6.32. The lowest BCUT2D eigenvalue weighted by Gasteiger charge is -2.01. The van der Waals surface area contributed by atoms with E-state index in [0.29, 0.717) is 0 Å². The largest absolute Gasteiger partial charge is 0.0874 e. The lowest BCUT2D eigenvalue weighted by atomic mass is 10.0. The van der Waals surface area contributed by atoms with Crippen LogP contribution in [0.1, 0.15) is 70.3 Å². The van der Waals surface area contributed by atoms with Crippen LogP contribution in [-0.4, -0.2) is 0 Å². The average Bonchev–Trinajstić information content (AvgIpc) is 2.49. The Morgan fingerprint density at radius 3 is 2.15 bits per heavy atom. The van der Waals surface area contributed by atoms with Gasteiger partial charge in [0.05, 0.1) is 0 Å². The molecule has 0 heterocycles. The van der Waals surface area contributed by atoms with Gasteiger partial charge in [-0.15, -0.1) is 0 Å². The molecule has 20 heavy (non-hydrogen) atoms. The van der Waals surface area contributed by atoms with E-state index in [1.54, 1.807) is 0 Å². The van der Waals surface area contributed by atoms with E-state index >= 15 is 0 Å². The van der Waals surface area contributed by atoms with Gasteiger partial charge in [0.15, 0.2) is 0 Å². The first kappa shape index (κ1) is 16.6. The second kappa shape index (κ2) is 11.4. The number of rotatable bonds is 9. The third-order valence-electron chi connectivity index (χ3n) is 3.49. The van der Waals surface area contributed by atoms with Crippen LogP contribution in [0.4, 0.5) is 0 Å². The zero-order valence-electron chi connectivity index (χ0n) is 13.0. The first-order valence-electron chi connectivity index (χ1n) is 8.07. The van der Waals surface area contributed by atoms with Gasteiger partial charge in [-0.3, -0.25) is 0 Å². The van der Waals surface area contributed by atoms with Crippen LogP contribution in [0.15, 0.2) is 42.5 Å². The maximum atomic E-state index is 4.05. The molecule has 108 valence electrons. The molecular formula is C20H28. The molecule has 0 amide bonds. The second-order valence-electron chi connectivity index (χ2n) is 5.44. The number of unbranched alkanes of at least 4 members (excludes halogenated alkanes) is 7. The minimum Gasteiger partial charge on any atom is -0.0874 e. The summed E-state index contributed by atoms with van der Waals surface area (Å²) in [4.78, 5) is 0. The highest BCUT2D eigenvalue weighted by atomic mass is 14.0. The minimum absolute atomic E-state index is 1.05. The van der Waals surface area contributed by atoms with Crippen molar-refractivity contribution in [2.45, 2.75) is 64.7 Å². The molecule has 0 atom stereocenters. The monoisotopic (exact) mass is 268 g/mol. The van der Waals surface area contributed by atoms with Crippen molar-refractivity contribution in [3.05, 3.63) is 48.0 Å². The highest BCUT2D eigenvalue weighted by Crippen LogP contribution is 2.11. The highest BCUT2D eigenvalue weighted by Gasteiger charge is 1.93. The molecule has 0 aromatic heterocycles. The summed E-state index contributed by atoms with van der Waals surface area (Å²) in [5, 5.41) is 0. The van der Waals surface area contributed by atoms with Crippen LogP contribution in [0, 0.1) is 11.8 Å². The Morgan fingerprint density at radius 1 is 0.900 bits per heavy atom. The van der Waals surface area contributed by atoms with Crippen molar-refractivity contribution in [3.63, 3.8) is 0 Å². The van der Waals surface area contributed by atoms with Gasteiger partial charge >= 0.3 is 0 Å². The van der Waals surface area contributed by atoms with Crippen LogP contribution in [0.2, 0.25) is 0 Å². The number of hydrogen-bond acceptors (Lipinski definition) is 0. The summed E-state index contributed by atoms with van der Waals surface area (Å²) >= 11 is 0. The molecule has 1 aromatic carbocycles. The Bertz CT molecular complexity index is 416. The predicted molar refractivity (Wildman–Crippen MR) is 89.7 cm³/mol.